The molecule has 2 N–H and O–H groups in total. The van der Waals surface area contributed by atoms with E-state index >= 15 is 0 Å². The normalized spacial score (nSPS) is 16.2. The molecule has 192 valence electrons. The van der Waals surface area contributed by atoms with Crippen LogP contribution in [0.5, 0.6) is 0 Å². The fourth-order valence-corrected chi connectivity index (χ4v) is 5.25. The molecule has 1 saturated heterocycles. The second-order valence-corrected chi connectivity index (χ2v) is 14.9. The molecule has 0 unspecified atom stereocenters. The molecule has 0 bridgehead atoms. The number of ether oxygens (including phenoxy) is 2. The van der Waals surface area contributed by atoms with Crippen LogP contribution in [0.15, 0.2) is 54.2 Å². The Hall–Kier alpha value is -2.55. The molecule has 1 heterocycles. The van der Waals surface area contributed by atoms with E-state index in [1.807, 2.05) is 13.0 Å². The number of amides is 2. The Morgan fingerprint density at radius 2 is 1.94 bits per heavy atom. The van der Waals surface area contributed by atoms with Gasteiger partial charge in [-0.1, -0.05) is 50.5 Å². The molecule has 1 aromatic carbocycles. The summed E-state index contributed by atoms with van der Waals surface area (Å²) in [6, 6.07) is 3.76. The van der Waals surface area contributed by atoms with Crippen LogP contribution in [0.2, 0.25) is 19.6 Å². The number of hydrogen-bond acceptors (Lipinski definition) is 4. The second-order valence-electron chi connectivity index (χ2n) is 9.90. The van der Waals surface area contributed by atoms with Gasteiger partial charge in [-0.25, -0.2) is 4.39 Å². The van der Waals surface area contributed by atoms with Crippen molar-refractivity contribution in [1.29, 1.82) is 0 Å². The minimum absolute atomic E-state index is 0.218. The maximum absolute atomic E-state index is 14.7. The number of rotatable bonds is 11. The highest BCUT2D eigenvalue weighted by Gasteiger charge is 2.26. The maximum atomic E-state index is 14.7. The molecule has 8 heteroatoms. The Morgan fingerprint density at radius 3 is 2.51 bits per heavy atom. The molecule has 1 aliphatic heterocycles. The first-order valence-corrected chi connectivity index (χ1v) is 15.5. The summed E-state index contributed by atoms with van der Waals surface area (Å²) in [7, 11) is -0.246. The van der Waals surface area contributed by atoms with Crippen molar-refractivity contribution < 1.29 is 23.5 Å². The Kier molecular flexibility index (Phi) is 11.1. The van der Waals surface area contributed by atoms with Gasteiger partial charge in [0.2, 0.25) is 5.91 Å². The lowest BCUT2D eigenvalue weighted by atomic mass is 9.95. The van der Waals surface area contributed by atoms with E-state index in [1.165, 1.54) is 6.07 Å². The van der Waals surface area contributed by atoms with Gasteiger partial charge in [0.1, 0.15) is 11.9 Å². The minimum atomic E-state index is -1.85. The van der Waals surface area contributed by atoms with E-state index in [0.29, 0.717) is 42.7 Å². The van der Waals surface area contributed by atoms with Gasteiger partial charge in [-0.2, -0.15) is 0 Å². The van der Waals surface area contributed by atoms with Gasteiger partial charge < -0.3 is 20.1 Å². The van der Waals surface area contributed by atoms with Crippen LogP contribution in [0.4, 0.5) is 10.1 Å². The minimum Gasteiger partial charge on any atom is -0.381 e. The molecule has 35 heavy (non-hydrogen) atoms. The third-order valence-electron chi connectivity index (χ3n) is 5.99. The van der Waals surface area contributed by atoms with E-state index < -0.39 is 20.0 Å². The topological polar surface area (TPSA) is 76.7 Å². The third-order valence-corrected chi connectivity index (χ3v) is 8.01. The van der Waals surface area contributed by atoms with Crippen LogP contribution in [0, 0.1) is 11.7 Å². The van der Waals surface area contributed by atoms with Crippen molar-refractivity contribution in [3.8, 4) is 0 Å². The summed E-state index contributed by atoms with van der Waals surface area (Å²) in [5, 5.41) is 6.27. The zero-order valence-corrected chi connectivity index (χ0v) is 22.6. The first kappa shape index (κ1) is 28.7. The molecule has 1 aromatic rings. The quantitative estimate of drug-likeness (QED) is 0.349. The van der Waals surface area contributed by atoms with E-state index in [2.05, 4.69) is 36.9 Å². The highest BCUT2D eigenvalue weighted by Crippen LogP contribution is 2.19. The zero-order chi connectivity index (χ0) is 26.0. The van der Waals surface area contributed by atoms with E-state index in [-0.39, 0.29) is 17.6 Å². The number of benzene rings is 1. The van der Waals surface area contributed by atoms with E-state index in [4.69, 9.17) is 9.47 Å². The summed E-state index contributed by atoms with van der Waals surface area (Å²) in [5.74, 6) is -0.821. The Labute approximate surface area is 209 Å². The monoisotopic (exact) mass is 502 g/mol. The van der Waals surface area contributed by atoms with Crippen LogP contribution in [-0.2, 0) is 19.1 Å². The van der Waals surface area contributed by atoms with Crippen LogP contribution in [0.25, 0.3) is 0 Å². The molecule has 2 amide bonds. The largest absolute Gasteiger partial charge is 0.381 e. The number of carbonyl (C=O) groups is 2. The Bertz CT molecular complexity index is 962. The van der Waals surface area contributed by atoms with Gasteiger partial charge in [-0.15, -0.1) is 0 Å². The average molecular weight is 503 g/mol. The van der Waals surface area contributed by atoms with Crippen molar-refractivity contribution in [2.75, 3.05) is 32.2 Å². The molecule has 1 atom stereocenters. The van der Waals surface area contributed by atoms with Gasteiger partial charge in [0.25, 0.3) is 5.91 Å². The smallest absolute Gasteiger partial charge is 0.251 e. The summed E-state index contributed by atoms with van der Waals surface area (Å²) in [6.07, 6.45) is 7.34. The maximum Gasteiger partial charge on any atom is 0.251 e. The molecule has 6 nitrogen and oxygen atoms in total. The molecular formula is C27H39FN2O4Si. The number of anilines is 1. The zero-order valence-electron chi connectivity index (χ0n) is 21.6. The van der Waals surface area contributed by atoms with Crippen molar-refractivity contribution >= 4 is 30.8 Å². The summed E-state index contributed by atoms with van der Waals surface area (Å²) in [5.41, 5.74) is 1.66. The number of hydrogen-bond donors (Lipinski definition) is 2. The second kappa shape index (κ2) is 13.5. The lowest BCUT2D eigenvalue weighted by molar-refractivity contribution is -0.126. The summed E-state index contributed by atoms with van der Waals surface area (Å²) in [6.45, 7) is 13.8. The van der Waals surface area contributed by atoms with Gasteiger partial charge in [0, 0.05) is 32.4 Å². The van der Waals surface area contributed by atoms with E-state index in [9.17, 15) is 14.0 Å². The van der Waals surface area contributed by atoms with Crippen molar-refractivity contribution in [1.82, 2.24) is 5.32 Å². The number of allylic oxidation sites excluding steroid dienone is 1. The Balaban J connectivity index is 2.20. The highest BCUT2D eigenvalue weighted by atomic mass is 28.3. The fraction of sp³-hybridized carbons (Fsp3) is 0.481. The molecule has 0 aromatic heterocycles. The number of halogens is 1. The summed E-state index contributed by atoms with van der Waals surface area (Å²) >= 11 is 0. The number of methoxy groups -OCH3 is 1. The van der Waals surface area contributed by atoms with Gasteiger partial charge in [-0.3, -0.25) is 9.59 Å². The predicted molar refractivity (Wildman–Crippen MR) is 142 cm³/mol. The van der Waals surface area contributed by atoms with Crippen molar-refractivity contribution in [3.63, 3.8) is 0 Å². The van der Waals surface area contributed by atoms with Crippen LogP contribution in [0.1, 0.15) is 26.2 Å². The van der Waals surface area contributed by atoms with Gasteiger partial charge in [0.05, 0.1) is 14.7 Å². The van der Waals surface area contributed by atoms with Gasteiger partial charge in [0.15, 0.2) is 0 Å². The van der Waals surface area contributed by atoms with Gasteiger partial charge in [-0.05, 0) is 54.1 Å². The molecule has 1 fully saturated rings. The summed E-state index contributed by atoms with van der Waals surface area (Å²) in [4.78, 5) is 26.0. The van der Waals surface area contributed by atoms with Crippen LogP contribution in [0.3, 0.4) is 0 Å². The molecule has 0 spiro atoms. The number of nitrogens with one attached hydrogen (secondary N) is 2. The van der Waals surface area contributed by atoms with E-state index in [0.717, 1.165) is 18.4 Å². The predicted octanol–water partition coefficient (Wildman–Crippen LogP) is 4.32. The van der Waals surface area contributed by atoms with Gasteiger partial charge >= 0.3 is 0 Å². The third kappa shape index (κ3) is 9.20. The molecule has 2 rings (SSSR count). The van der Waals surface area contributed by atoms with Crippen LogP contribution < -0.4 is 15.8 Å². The molecular weight excluding hydrogens is 463 g/mol. The highest BCUT2D eigenvalue weighted by molar-refractivity contribution is 6.88. The molecule has 0 saturated carbocycles. The first-order valence-electron chi connectivity index (χ1n) is 12.0. The van der Waals surface area contributed by atoms with Crippen LogP contribution >= 0.6 is 0 Å². The molecule has 1 aliphatic rings. The SMILES string of the molecule is C=C(/C=C\C(=C/C)COC)[C@@H](NC(=O)CC1CCOCC1)C(=O)Nc1ccc([Si](C)(C)C)c(F)c1. The fourth-order valence-electron chi connectivity index (χ4n) is 3.88. The van der Waals surface area contributed by atoms with Crippen molar-refractivity contribution in [2.24, 2.45) is 5.92 Å². The van der Waals surface area contributed by atoms with E-state index in [1.54, 1.807) is 31.4 Å². The standard InChI is InChI=1S/C27H39FN2O4Si/c1-7-20(18-33-3)9-8-19(2)26(30-25(31)16-21-12-14-34-15-13-21)27(32)29-22-10-11-24(23(28)17-22)35(4,5)6/h7-11,17,21,26H,2,12-16,18H2,1,3-6H3,(H,29,32)(H,30,31)/b9-8-,20-7+/t26-/m1/s1. The lowest BCUT2D eigenvalue weighted by Gasteiger charge is -2.24. The Morgan fingerprint density at radius 1 is 1.26 bits per heavy atom. The van der Waals surface area contributed by atoms with Crippen molar-refractivity contribution in [3.05, 3.63) is 60.0 Å². The molecule has 0 radical (unpaired) electrons. The molecule has 0 aliphatic carbocycles. The lowest BCUT2D eigenvalue weighted by Crippen LogP contribution is -2.45. The van der Waals surface area contributed by atoms with Crippen molar-refractivity contribution in [2.45, 2.75) is 51.9 Å². The average Bonchev–Trinajstić information content (AvgIpc) is 2.79. The number of carbonyl (C=O) groups excluding carboxylic acids is 2. The first-order chi connectivity index (χ1) is 16.5. The summed E-state index contributed by atoms with van der Waals surface area (Å²) < 4.78 is 25.2. The van der Waals surface area contributed by atoms with Crippen LogP contribution in [-0.4, -0.2) is 52.9 Å².